The highest BCUT2D eigenvalue weighted by Gasteiger charge is 1.93. The first-order valence-electron chi connectivity index (χ1n) is 2.61. The molecule has 0 aromatic heterocycles. The zero-order chi connectivity index (χ0) is 6.85. The summed E-state index contributed by atoms with van der Waals surface area (Å²) in [5.74, 6) is 0. The summed E-state index contributed by atoms with van der Waals surface area (Å²) in [5.41, 5.74) is 12.4. The van der Waals surface area contributed by atoms with Crippen LogP contribution in [0.3, 0.4) is 0 Å². The minimum Gasteiger partial charge on any atom is -0.398 e. The minimum absolute atomic E-state index is 0.470. The zero-order valence-electron chi connectivity index (χ0n) is 4.96. The number of hydrogen-bond donors (Lipinski definition) is 2. The second-order valence-electron chi connectivity index (χ2n) is 1.85. The molecule has 0 aliphatic rings. The Labute approximate surface area is 54.5 Å². The topological polar surface area (TPSA) is 52.0 Å². The van der Waals surface area contributed by atoms with Gasteiger partial charge in [-0.3, -0.25) is 0 Å². The number of nitrogen functional groups attached to an aromatic ring is 2. The number of nitrogens with two attached hydrogens (primary N) is 2. The van der Waals surface area contributed by atoms with Crippen LogP contribution in [0.25, 0.3) is 0 Å². The van der Waals surface area contributed by atoms with E-state index in [0.29, 0.717) is 16.9 Å². The summed E-state index contributed by atoms with van der Waals surface area (Å²) in [5, 5.41) is 0. The van der Waals surface area contributed by atoms with Crippen LogP contribution in [-0.4, -0.2) is 0 Å². The van der Waals surface area contributed by atoms with Crippen LogP contribution in [0.5, 0.6) is 0 Å². The quantitative estimate of drug-likeness (QED) is 0.500. The lowest BCUT2D eigenvalue weighted by atomic mass is 10.2. The molecule has 0 unspecified atom stereocenters. The van der Waals surface area contributed by atoms with Crippen molar-refractivity contribution in [1.29, 1.82) is 0 Å². The molecule has 2 radical (unpaired) electrons. The molecular weight excluding hydrogens is 112 g/mol. The average molecular weight is 120 g/mol. The SMILES string of the molecule is [CH]c1c(N)cccc1N. The smallest absolute Gasteiger partial charge is 0.0370 e. The lowest BCUT2D eigenvalue weighted by Gasteiger charge is -2.00. The molecule has 0 saturated carbocycles. The molecule has 0 fully saturated rings. The molecule has 0 atom stereocenters. The van der Waals surface area contributed by atoms with E-state index in [0.717, 1.165) is 0 Å². The Bertz CT molecular complexity index is 198. The maximum Gasteiger partial charge on any atom is 0.0370 e. The van der Waals surface area contributed by atoms with Gasteiger partial charge in [-0.05, 0) is 12.1 Å². The Kier molecular flexibility index (Phi) is 1.30. The fraction of sp³-hybridized carbons (Fsp3) is 0. The van der Waals surface area contributed by atoms with Crippen LogP contribution in [0.1, 0.15) is 5.56 Å². The molecule has 1 rings (SSSR count). The molecule has 1 aromatic carbocycles. The van der Waals surface area contributed by atoms with Gasteiger partial charge >= 0.3 is 0 Å². The van der Waals surface area contributed by atoms with Crippen molar-refractivity contribution >= 4 is 11.4 Å². The van der Waals surface area contributed by atoms with Crippen molar-refractivity contribution < 1.29 is 0 Å². The van der Waals surface area contributed by atoms with Gasteiger partial charge < -0.3 is 11.5 Å². The van der Waals surface area contributed by atoms with E-state index in [2.05, 4.69) is 0 Å². The van der Waals surface area contributed by atoms with Crippen molar-refractivity contribution in [3.63, 3.8) is 0 Å². The van der Waals surface area contributed by atoms with Crippen LogP contribution in [-0.2, 0) is 0 Å². The highest BCUT2D eigenvalue weighted by molar-refractivity contribution is 5.62. The summed E-state index contributed by atoms with van der Waals surface area (Å²) >= 11 is 0. The molecule has 4 N–H and O–H groups in total. The Morgan fingerprint density at radius 1 is 1.11 bits per heavy atom. The van der Waals surface area contributed by atoms with Gasteiger partial charge in [0.1, 0.15) is 0 Å². The van der Waals surface area contributed by atoms with Gasteiger partial charge in [-0.2, -0.15) is 0 Å². The van der Waals surface area contributed by atoms with Crippen LogP contribution >= 0.6 is 0 Å². The summed E-state index contributed by atoms with van der Waals surface area (Å²) in [6.45, 7) is 5.43. The highest BCUT2D eigenvalue weighted by Crippen LogP contribution is 2.16. The van der Waals surface area contributed by atoms with Gasteiger partial charge in [-0.1, -0.05) is 6.07 Å². The molecular formula is C7H8N2. The average Bonchev–Trinajstić information content (AvgIpc) is 1.83. The normalized spacial score (nSPS) is 9.44. The van der Waals surface area contributed by atoms with E-state index in [1.165, 1.54) is 0 Å². The minimum atomic E-state index is 0.470. The first-order chi connectivity index (χ1) is 4.22. The van der Waals surface area contributed by atoms with Crippen molar-refractivity contribution in [1.82, 2.24) is 0 Å². The van der Waals surface area contributed by atoms with Gasteiger partial charge in [-0.15, -0.1) is 0 Å². The second-order valence-corrected chi connectivity index (χ2v) is 1.85. The predicted octanol–water partition coefficient (Wildman–Crippen LogP) is 0.910. The molecule has 0 amide bonds. The highest BCUT2D eigenvalue weighted by atomic mass is 14.6. The summed E-state index contributed by atoms with van der Waals surface area (Å²) in [4.78, 5) is 0. The zero-order valence-corrected chi connectivity index (χ0v) is 4.96. The first kappa shape index (κ1) is 5.95. The van der Waals surface area contributed by atoms with Crippen LogP contribution in [0.4, 0.5) is 11.4 Å². The van der Waals surface area contributed by atoms with Crippen LogP contribution < -0.4 is 11.5 Å². The number of hydrogen-bond acceptors (Lipinski definition) is 2. The Hall–Kier alpha value is -1.18. The standard InChI is InChI=1S/C7H8N2/c1-5-6(8)3-2-4-7(5)9/h1-4H,8-9H2. The maximum absolute atomic E-state index is 5.43. The van der Waals surface area contributed by atoms with E-state index >= 15 is 0 Å². The van der Waals surface area contributed by atoms with Gasteiger partial charge in [0.15, 0.2) is 0 Å². The predicted molar refractivity (Wildman–Crippen MR) is 38.7 cm³/mol. The Morgan fingerprint density at radius 3 is 1.89 bits per heavy atom. The fourth-order valence-corrected chi connectivity index (χ4v) is 0.602. The van der Waals surface area contributed by atoms with E-state index < -0.39 is 0 Å². The van der Waals surface area contributed by atoms with Gasteiger partial charge in [0.25, 0.3) is 0 Å². The number of anilines is 2. The van der Waals surface area contributed by atoms with E-state index in [9.17, 15) is 0 Å². The fourth-order valence-electron chi connectivity index (χ4n) is 0.602. The molecule has 0 heterocycles. The van der Waals surface area contributed by atoms with Crippen molar-refractivity contribution in [2.24, 2.45) is 0 Å². The molecule has 46 valence electrons. The third kappa shape index (κ3) is 0.964. The Balaban J connectivity index is 3.25. The lowest BCUT2D eigenvalue weighted by molar-refractivity contribution is 1.59. The third-order valence-electron chi connectivity index (χ3n) is 1.17. The number of rotatable bonds is 0. The van der Waals surface area contributed by atoms with Crippen molar-refractivity contribution in [3.05, 3.63) is 30.7 Å². The molecule has 0 aliphatic heterocycles. The molecule has 9 heavy (non-hydrogen) atoms. The lowest BCUT2D eigenvalue weighted by Crippen LogP contribution is -1.94. The first-order valence-corrected chi connectivity index (χ1v) is 2.61. The molecule has 2 heteroatoms. The van der Waals surface area contributed by atoms with E-state index in [1.54, 1.807) is 18.2 Å². The van der Waals surface area contributed by atoms with Gasteiger partial charge in [0.2, 0.25) is 0 Å². The van der Waals surface area contributed by atoms with Crippen LogP contribution in [0.15, 0.2) is 18.2 Å². The molecule has 0 saturated heterocycles. The molecule has 0 spiro atoms. The summed E-state index contributed by atoms with van der Waals surface area (Å²) in [6.07, 6.45) is 0. The second kappa shape index (κ2) is 1.97. The summed E-state index contributed by atoms with van der Waals surface area (Å²) in [6, 6.07) is 5.19. The van der Waals surface area contributed by atoms with Gasteiger partial charge in [0.05, 0.1) is 0 Å². The van der Waals surface area contributed by atoms with E-state index in [4.69, 9.17) is 18.4 Å². The van der Waals surface area contributed by atoms with Gasteiger partial charge in [-0.25, -0.2) is 0 Å². The van der Waals surface area contributed by atoms with Crippen molar-refractivity contribution in [2.45, 2.75) is 0 Å². The summed E-state index contributed by atoms with van der Waals surface area (Å²) < 4.78 is 0. The van der Waals surface area contributed by atoms with E-state index in [-0.39, 0.29) is 0 Å². The maximum atomic E-state index is 5.43. The van der Waals surface area contributed by atoms with Crippen molar-refractivity contribution in [3.8, 4) is 0 Å². The molecule has 2 nitrogen and oxygen atoms in total. The third-order valence-corrected chi connectivity index (χ3v) is 1.17. The largest absolute Gasteiger partial charge is 0.398 e. The Morgan fingerprint density at radius 2 is 1.56 bits per heavy atom. The monoisotopic (exact) mass is 120 g/mol. The van der Waals surface area contributed by atoms with Gasteiger partial charge in [0, 0.05) is 23.9 Å². The van der Waals surface area contributed by atoms with E-state index in [1.807, 2.05) is 0 Å². The summed E-state index contributed by atoms with van der Waals surface area (Å²) in [7, 11) is 0. The van der Waals surface area contributed by atoms with Crippen LogP contribution in [0, 0.1) is 6.92 Å². The number of benzene rings is 1. The van der Waals surface area contributed by atoms with Crippen molar-refractivity contribution in [2.75, 3.05) is 11.5 Å². The molecule has 0 aliphatic carbocycles. The molecule has 0 bridgehead atoms. The van der Waals surface area contributed by atoms with Crippen LogP contribution in [0.2, 0.25) is 0 Å². The molecule has 1 aromatic rings.